The summed E-state index contributed by atoms with van der Waals surface area (Å²) in [4.78, 5) is 99.1. The summed E-state index contributed by atoms with van der Waals surface area (Å²) in [7, 11) is -6.89. The van der Waals surface area contributed by atoms with Gasteiger partial charge in [0.1, 0.15) is 5.75 Å². The number of unbranched alkanes of at least 4 members (excludes halogenated alkanes) is 12. The lowest BCUT2D eigenvalue weighted by atomic mass is 9.78. The van der Waals surface area contributed by atoms with Gasteiger partial charge in [-0.05, 0) is 178 Å². The van der Waals surface area contributed by atoms with Crippen LogP contribution in [0.3, 0.4) is 0 Å². The molecule has 4 unspecified atom stereocenters. The molecular weight excluding hydrogens is 1220 g/mol. The molecule has 0 bridgehead atoms. The molecule has 0 aliphatic carbocycles. The van der Waals surface area contributed by atoms with Gasteiger partial charge in [-0.25, -0.2) is 9.59 Å². The van der Waals surface area contributed by atoms with Crippen molar-refractivity contribution in [3.63, 3.8) is 0 Å². The number of benzene rings is 2. The summed E-state index contributed by atoms with van der Waals surface area (Å²) in [5, 5.41) is 1.07. The molecule has 0 aromatic heterocycles. The Labute approximate surface area is 552 Å². The number of hydrogen-bond donors (Lipinski definition) is 1. The molecule has 0 saturated carbocycles. The van der Waals surface area contributed by atoms with Gasteiger partial charge in [-0.2, -0.15) is 0 Å². The van der Waals surface area contributed by atoms with Gasteiger partial charge in [0.15, 0.2) is 5.75 Å². The van der Waals surface area contributed by atoms with Gasteiger partial charge in [-0.1, -0.05) is 146 Å². The molecule has 20 nitrogen and oxygen atoms in total. The maximum Gasteiger partial charge on any atom is 0.574 e. The number of carbonyl (C=O) groups is 7. The Morgan fingerprint density at radius 2 is 0.783 bits per heavy atom. The van der Waals surface area contributed by atoms with Crippen LogP contribution in [-0.4, -0.2) is 96.3 Å². The highest BCUT2D eigenvalue weighted by atomic mass is 31.2. The van der Waals surface area contributed by atoms with E-state index < -0.39 is 105 Å². The first kappa shape index (κ1) is 82.5. The van der Waals surface area contributed by atoms with E-state index in [4.69, 9.17) is 37.5 Å². The minimum Gasteiger partial charge on any atom is -0.410 e. The monoisotopic (exact) mass is 1330 g/mol. The van der Waals surface area contributed by atoms with E-state index in [1.54, 1.807) is 17.0 Å². The number of carbonyl (C=O) groups excluding carboxylic acids is 7. The highest BCUT2D eigenvalue weighted by Crippen LogP contribution is 2.51. The molecule has 0 aliphatic heterocycles. The van der Waals surface area contributed by atoms with Crippen LogP contribution in [0, 0.1) is 21.7 Å². The predicted molar refractivity (Wildman–Crippen MR) is 360 cm³/mol. The third-order valence-corrected chi connectivity index (χ3v) is 18.6. The predicted octanol–water partition coefficient (Wildman–Crippen LogP) is 18.8. The summed E-state index contributed by atoms with van der Waals surface area (Å²) in [6, 6.07) is 12.9. The van der Waals surface area contributed by atoms with Crippen molar-refractivity contribution in [2.45, 2.75) is 283 Å². The van der Waals surface area contributed by atoms with E-state index in [0.717, 1.165) is 114 Å². The zero-order valence-corrected chi connectivity index (χ0v) is 60.9. The summed E-state index contributed by atoms with van der Waals surface area (Å²) in [6.45, 7) is 28.7. The third-order valence-electron chi connectivity index (χ3n) is 15.2. The Morgan fingerprint density at radius 1 is 0.446 bits per heavy atom. The smallest absolute Gasteiger partial charge is 0.410 e. The average molecular weight is 1330 g/mol. The van der Waals surface area contributed by atoms with Gasteiger partial charge in [-0.15, -0.1) is 0 Å². The molecule has 2 aromatic rings. The van der Waals surface area contributed by atoms with Crippen molar-refractivity contribution in [2.75, 3.05) is 31.5 Å². The van der Waals surface area contributed by atoms with Crippen LogP contribution in [0.1, 0.15) is 276 Å². The Bertz CT molecular complexity index is 2490. The van der Waals surface area contributed by atoms with Crippen LogP contribution in [-0.2, 0) is 61.1 Å². The fourth-order valence-electron chi connectivity index (χ4n) is 9.35. The number of nitrogens with one attached hydrogen (secondary N) is 1. The molecule has 0 fully saturated rings. The molecule has 4 atom stereocenters. The second-order valence-corrected chi connectivity index (χ2v) is 31.1. The van der Waals surface area contributed by atoms with Gasteiger partial charge in [0, 0.05) is 32.6 Å². The zero-order chi connectivity index (χ0) is 69.4. The fraction of sp³-hybridized carbons (Fsp3) is 0.729. The van der Waals surface area contributed by atoms with E-state index in [-0.39, 0.29) is 29.4 Å². The first-order valence-electron chi connectivity index (χ1n) is 33.7. The Morgan fingerprint density at radius 3 is 1.12 bits per heavy atom. The van der Waals surface area contributed by atoms with Gasteiger partial charge in [0.05, 0.1) is 33.8 Å². The molecule has 2 rings (SSSR count). The normalized spacial score (nSPS) is 13.3. The van der Waals surface area contributed by atoms with Crippen molar-refractivity contribution in [3.8, 4) is 11.5 Å². The number of ether oxygens (including phenoxy) is 6. The molecule has 92 heavy (non-hydrogen) atoms. The van der Waals surface area contributed by atoms with Gasteiger partial charge in [0.2, 0.25) is 5.91 Å². The van der Waals surface area contributed by atoms with Crippen molar-refractivity contribution in [1.82, 2.24) is 9.80 Å². The molecule has 0 saturated heterocycles. The minimum absolute atomic E-state index is 0.0479. The lowest BCUT2D eigenvalue weighted by Crippen LogP contribution is -2.36. The number of anilines is 1. The summed E-state index contributed by atoms with van der Waals surface area (Å²) in [6.07, 6.45) is 15.0. The molecule has 2 aromatic carbocycles. The molecule has 0 spiro atoms. The zero-order valence-electron chi connectivity index (χ0n) is 59.1. The van der Waals surface area contributed by atoms with E-state index >= 15 is 0 Å². The van der Waals surface area contributed by atoms with Gasteiger partial charge in [0.25, 0.3) is 0 Å². The van der Waals surface area contributed by atoms with E-state index in [9.17, 15) is 42.7 Å². The molecule has 0 radical (unpaired) electrons. The second-order valence-electron chi connectivity index (χ2n) is 27.9. The number of hydrogen-bond acceptors (Lipinski definition) is 17. The minimum atomic E-state index is -3.44. The van der Waals surface area contributed by atoms with E-state index in [1.165, 1.54) is 83.1 Å². The highest BCUT2D eigenvalue weighted by Gasteiger charge is 2.57. The highest BCUT2D eigenvalue weighted by molar-refractivity contribution is 7.58. The SMILES string of the molecule is CCCCCCN(CCCCCC)C(=O)Oc1ccc(C(CC)C(CC)c2ccc(OC(=O)N(CCCCCC)CCCCCC)c(NC(=O)CCC([P+](=O)OC(OC(=O)C(C)(C)C)OC(=O)C(C)(C)C)[P+](=O)OC(OC(=O)C(C)(C)C)OC(=O)C(C)(C)C)c2)cc1. The molecule has 520 valence electrons. The van der Waals surface area contributed by atoms with Gasteiger partial charge < -0.3 is 43.5 Å². The third kappa shape index (κ3) is 30.7. The van der Waals surface area contributed by atoms with E-state index in [2.05, 4.69) is 46.9 Å². The van der Waals surface area contributed by atoms with Crippen molar-refractivity contribution in [2.24, 2.45) is 21.7 Å². The van der Waals surface area contributed by atoms with Crippen LogP contribution in [0.15, 0.2) is 42.5 Å². The quantitative estimate of drug-likeness (QED) is 0.0281. The van der Waals surface area contributed by atoms with Crippen molar-refractivity contribution in [3.05, 3.63) is 53.6 Å². The second kappa shape index (κ2) is 41.3. The van der Waals surface area contributed by atoms with Crippen LogP contribution in [0.5, 0.6) is 11.5 Å². The largest absolute Gasteiger partial charge is 0.574 e. The number of amides is 3. The fourth-order valence-corrected chi connectivity index (χ4v) is 11.8. The van der Waals surface area contributed by atoms with Crippen LogP contribution < -0.4 is 14.8 Å². The van der Waals surface area contributed by atoms with Crippen LogP contribution in [0.25, 0.3) is 0 Å². The number of nitrogens with zero attached hydrogens (tertiary/aromatic N) is 2. The Hall–Kier alpha value is -5.55. The average Bonchev–Trinajstić information content (AvgIpc) is 0.829. The summed E-state index contributed by atoms with van der Waals surface area (Å²) in [5.74, 6) is -4.16. The molecule has 0 heterocycles. The Kier molecular flexibility index (Phi) is 37.1. The number of rotatable bonds is 41. The van der Waals surface area contributed by atoms with Crippen LogP contribution >= 0.6 is 16.1 Å². The first-order chi connectivity index (χ1) is 43.1. The van der Waals surface area contributed by atoms with Crippen LogP contribution in [0.2, 0.25) is 0 Å². The standard InChI is InChI=1S/C70H114N3O17P2/c1-19-25-29-33-45-72(46-34-30-26-20-2)63(79)83-52-40-37-50(38-41-52)53(23-5)54(24-6)51-39-42-56(84-64(80)73(47-35-31-27-21-3)48-36-32-28-22-4)55(49-51)71-57(74)43-44-58(91(81)89-65(85-59(75)67(7,8)9)86-60(76)68(10,11)12)92(82)90-66(87-61(77)69(13,14)15)88-62(78)70(16,17)18/h37-42,49,53-54,58,65-66H,19-36,43-48H2,1-18H3/q+1/p+1. The molecule has 22 heteroatoms. The Balaban J connectivity index is 2.80. The molecule has 1 N–H and O–H groups in total. The summed E-state index contributed by atoms with van der Waals surface area (Å²) < 4.78 is 74.5. The maximum absolute atomic E-state index is 14.6. The van der Waals surface area contributed by atoms with Crippen molar-refractivity contribution >= 4 is 63.7 Å². The molecular formula is C70H115N3O17P2+2. The van der Waals surface area contributed by atoms with Crippen molar-refractivity contribution < 1.29 is 80.2 Å². The number of esters is 4. The lowest BCUT2D eigenvalue weighted by molar-refractivity contribution is -0.244. The molecule has 3 amide bonds. The summed E-state index contributed by atoms with van der Waals surface area (Å²) >= 11 is 0. The lowest BCUT2D eigenvalue weighted by Gasteiger charge is -2.28. The topological polar surface area (TPSA) is 246 Å². The van der Waals surface area contributed by atoms with Gasteiger partial charge in [-0.3, -0.25) is 24.0 Å². The summed E-state index contributed by atoms with van der Waals surface area (Å²) in [5.41, 5.74) is -2.80. The maximum atomic E-state index is 14.6. The van der Waals surface area contributed by atoms with E-state index in [1.807, 2.05) is 35.2 Å². The van der Waals surface area contributed by atoms with E-state index in [0.29, 0.717) is 44.8 Å². The molecule has 0 aliphatic rings. The van der Waals surface area contributed by atoms with Crippen LogP contribution in [0.4, 0.5) is 15.3 Å². The first-order valence-corrected chi connectivity index (χ1v) is 36.2. The van der Waals surface area contributed by atoms with Gasteiger partial charge >= 0.3 is 70.5 Å². The van der Waals surface area contributed by atoms with Crippen molar-refractivity contribution in [1.29, 1.82) is 0 Å².